The SMILES string of the molecule is C[C@@H]1CC2=CC(=O)CC[C@@H]2[C@H]2CC[C@@]3(C)[C@H](CC[C@]3(C)CO)[C@@H]21. The lowest BCUT2D eigenvalue weighted by Crippen LogP contribution is -2.52. The zero-order valence-corrected chi connectivity index (χ0v) is 15.0. The second-order valence-electron chi connectivity index (χ2n) is 9.57. The third kappa shape index (κ3) is 2.06. The van der Waals surface area contributed by atoms with Crippen LogP contribution in [-0.4, -0.2) is 17.5 Å². The number of hydrogen-bond donors (Lipinski definition) is 1. The molecular weight excluding hydrogens is 284 g/mol. The third-order valence-electron chi connectivity index (χ3n) is 8.77. The Kier molecular flexibility index (Phi) is 3.58. The van der Waals surface area contributed by atoms with Crippen molar-refractivity contribution in [1.29, 1.82) is 0 Å². The molecule has 4 aliphatic rings. The molecule has 128 valence electrons. The molecule has 1 N–H and O–H groups in total. The van der Waals surface area contributed by atoms with E-state index >= 15 is 0 Å². The minimum absolute atomic E-state index is 0.112. The molecule has 3 saturated carbocycles. The lowest BCUT2D eigenvalue weighted by molar-refractivity contribution is -0.117. The number of carbonyl (C=O) groups is 1. The van der Waals surface area contributed by atoms with E-state index in [1.807, 2.05) is 6.08 Å². The first-order valence-electron chi connectivity index (χ1n) is 9.74. The molecule has 23 heavy (non-hydrogen) atoms. The minimum atomic E-state index is 0.112. The maximum atomic E-state index is 11.8. The summed E-state index contributed by atoms with van der Waals surface area (Å²) in [7, 11) is 0. The smallest absolute Gasteiger partial charge is 0.155 e. The Hall–Kier alpha value is -0.630. The lowest BCUT2D eigenvalue weighted by Gasteiger charge is -2.58. The fraction of sp³-hybridized carbons (Fsp3) is 0.857. The lowest BCUT2D eigenvalue weighted by atomic mass is 9.47. The van der Waals surface area contributed by atoms with Crippen molar-refractivity contribution in [1.82, 2.24) is 0 Å². The van der Waals surface area contributed by atoms with E-state index in [9.17, 15) is 9.90 Å². The normalized spacial score (nSPS) is 52.4. The Balaban J connectivity index is 1.68. The molecule has 7 atom stereocenters. The molecule has 0 amide bonds. The van der Waals surface area contributed by atoms with Crippen molar-refractivity contribution >= 4 is 5.78 Å². The summed E-state index contributed by atoms with van der Waals surface area (Å²) < 4.78 is 0. The number of rotatable bonds is 1. The summed E-state index contributed by atoms with van der Waals surface area (Å²) in [6.45, 7) is 7.56. The number of carbonyl (C=O) groups excluding carboxylic acids is 1. The molecule has 0 bridgehead atoms. The largest absolute Gasteiger partial charge is 0.396 e. The fourth-order valence-electron chi connectivity index (χ4n) is 7.21. The molecule has 3 fully saturated rings. The summed E-state index contributed by atoms with van der Waals surface area (Å²) in [5.41, 5.74) is 1.89. The predicted octanol–water partition coefficient (Wildman–Crippen LogP) is 4.37. The second-order valence-corrected chi connectivity index (χ2v) is 9.57. The summed E-state index contributed by atoms with van der Waals surface area (Å²) >= 11 is 0. The van der Waals surface area contributed by atoms with Gasteiger partial charge >= 0.3 is 0 Å². The van der Waals surface area contributed by atoms with Crippen molar-refractivity contribution in [3.05, 3.63) is 11.6 Å². The van der Waals surface area contributed by atoms with E-state index < -0.39 is 0 Å². The van der Waals surface area contributed by atoms with E-state index in [4.69, 9.17) is 0 Å². The van der Waals surface area contributed by atoms with Gasteiger partial charge in [-0.15, -0.1) is 0 Å². The first-order chi connectivity index (χ1) is 10.9. The molecule has 0 radical (unpaired) electrons. The molecule has 0 unspecified atom stereocenters. The van der Waals surface area contributed by atoms with E-state index in [1.165, 1.54) is 31.3 Å². The van der Waals surface area contributed by atoms with Crippen LogP contribution >= 0.6 is 0 Å². The standard InChI is InChI=1S/C21H32O2/c1-13-10-14-11-15(23)4-5-16(14)17-6-9-21(3)18(19(13)17)7-8-20(21,2)12-22/h11,13,16-19,22H,4-10,12H2,1-3H3/t13-,16+,17-,18-,19-,20-,21+/m1/s1. The van der Waals surface area contributed by atoms with Crippen LogP contribution in [0.15, 0.2) is 11.6 Å². The maximum absolute atomic E-state index is 11.8. The van der Waals surface area contributed by atoms with Crippen molar-refractivity contribution in [2.45, 2.75) is 65.7 Å². The van der Waals surface area contributed by atoms with Gasteiger partial charge in [-0.2, -0.15) is 0 Å². The number of aliphatic hydroxyl groups is 1. The van der Waals surface area contributed by atoms with E-state index in [0.717, 1.165) is 37.0 Å². The molecule has 0 heterocycles. The van der Waals surface area contributed by atoms with Gasteiger partial charge < -0.3 is 5.11 Å². The molecular formula is C21H32O2. The van der Waals surface area contributed by atoms with Gasteiger partial charge in [-0.3, -0.25) is 4.79 Å². The second kappa shape index (κ2) is 5.18. The molecule has 4 aliphatic carbocycles. The Morgan fingerprint density at radius 2 is 2.00 bits per heavy atom. The highest BCUT2D eigenvalue weighted by Gasteiger charge is 2.61. The highest BCUT2D eigenvalue weighted by Crippen LogP contribution is 2.68. The molecule has 2 heteroatoms. The predicted molar refractivity (Wildman–Crippen MR) is 91.8 cm³/mol. The molecule has 0 aliphatic heterocycles. The van der Waals surface area contributed by atoms with Gasteiger partial charge in [0, 0.05) is 13.0 Å². The Morgan fingerprint density at radius 1 is 1.22 bits per heavy atom. The van der Waals surface area contributed by atoms with Gasteiger partial charge in [-0.1, -0.05) is 26.3 Å². The van der Waals surface area contributed by atoms with Crippen LogP contribution in [0.2, 0.25) is 0 Å². The van der Waals surface area contributed by atoms with Crippen molar-refractivity contribution in [3.8, 4) is 0 Å². The van der Waals surface area contributed by atoms with Gasteiger partial charge in [0.2, 0.25) is 0 Å². The highest BCUT2D eigenvalue weighted by atomic mass is 16.3. The van der Waals surface area contributed by atoms with Crippen molar-refractivity contribution in [2.24, 2.45) is 40.4 Å². The maximum Gasteiger partial charge on any atom is 0.155 e. The first kappa shape index (κ1) is 15.9. The van der Waals surface area contributed by atoms with Gasteiger partial charge in [0.1, 0.15) is 0 Å². The topological polar surface area (TPSA) is 37.3 Å². The monoisotopic (exact) mass is 316 g/mol. The van der Waals surface area contributed by atoms with E-state index in [1.54, 1.807) is 0 Å². The Labute approximate surface area is 140 Å². The minimum Gasteiger partial charge on any atom is -0.396 e. The van der Waals surface area contributed by atoms with Crippen molar-refractivity contribution in [3.63, 3.8) is 0 Å². The molecule has 0 aromatic rings. The average molecular weight is 316 g/mol. The zero-order valence-electron chi connectivity index (χ0n) is 15.0. The number of hydrogen-bond acceptors (Lipinski definition) is 2. The molecule has 0 aromatic heterocycles. The van der Waals surface area contributed by atoms with Crippen LogP contribution in [0, 0.1) is 40.4 Å². The van der Waals surface area contributed by atoms with Crippen molar-refractivity contribution in [2.75, 3.05) is 6.61 Å². The van der Waals surface area contributed by atoms with Gasteiger partial charge in [0.05, 0.1) is 0 Å². The zero-order chi connectivity index (χ0) is 16.4. The number of ketones is 1. The molecule has 4 rings (SSSR count). The summed E-state index contributed by atoms with van der Waals surface area (Å²) in [4.78, 5) is 11.8. The van der Waals surface area contributed by atoms with E-state index in [2.05, 4.69) is 20.8 Å². The van der Waals surface area contributed by atoms with Crippen LogP contribution < -0.4 is 0 Å². The van der Waals surface area contributed by atoms with Gasteiger partial charge in [0.15, 0.2) is 5.78 Å². The number of aliphatic hydroxyl groups excluding tert-OH is 1. The summed E-state index contributed by atoms with van der Waals surface area (Å²) in [6, 6.07) is 0. The highest BCUT2D eigenvalue weighted by molar-refractivity contribution is 5.91. The molecule has 2 nitrogen and oxygen atoms in total. The molecule has 0 aromatic carbocycles. The summed E-state index contributed by atoms with van der Waals surface area (Å²) in [5.74, 6) is 4.09. The van der Waals surface area contributed by atoms with Crippen LogP contribution in [0.25, 0.3) is 0 Å². The van der Waals surface area contributed by atoms with Crippen LogP contribution in [-0.2, 0) is 4.79 Å². The van der Waals surface area contributed by atoms with Crippen molar-refractivity contribution < 1.29 is 9.90 Å². The summed E-state index contributed by atoms with van der Waals surface area (Å²) in [6.07, 6.45) is 10.0. The molecule has 0 spiro atoms. The van der Waals surface area contributed by atoms with Crippen LogP contribution in [0.5, 0.6) is 0 Å². The Bertz CT molecular complexity index is 550. The number of fused-ring (bicyclic) bond motifs is 5. The van der Waals surface area contributed by atoms with Gasteiger partial charge in [0.25, 0.3) is 0 Å². The first-order valence-corrected chi connectivity index (χ1v) is 9.74. The van der Waals surface area contributed by atoms with Gasteiger partial charge in [-0.25, -0.2) is 0 Å². The fourth-order valence-corrected chi connectivity index (χ4v) is 7.21. The number of allylic oxidation sites excluding steroid dienone is 1. The van der Waals surface area contributed by atoms with Crippen LogP contribution in [0.1, 0.15) is 65.7 Å². The van der Waals surface area contributed by atoms with Crippen LogP contribution in [0.3, 0.4) is 0 Å². The molecule has 0 saturated heterocycles. The van der Waals surface area contributed by atoms with Crippen LogP contribution in [0.4, 0.5) is 0 Å². The summed E-state index contributed by atoms with van der Waals surface area (Å²) in [5, 5.41) is 10.1. The quantitative estimate of drug-likeness (QED) is 0.780. The van der Waals surface area contributed by atoms with E-state index in [0.29, 0.717) is 29.6 Å². The van der Waals surface area contributed by atoms with Gasteiger partial charge in [-0.05, 0) is 85.0 Å². The average Bonchev–Trinajstić information content (AvgIpc) is 2.79. The third-order valence-corrected chi connectivity index (χ3v) is 8.77. The van der Waals surface area contributed by atoms with E-state index in [-0.39, 0.29) is 5.41 Å². The Morgan fingerprint density at radius 3 is 2.74 bits per heavy atom.